The summed E-state index contributed by atoms with van der Waals surface area (Å²) < 4.78 is 5.32. The number of ketones is 1. The molecule has 25 heavy (non-hydrogen) atoms. The van der Waals surface area contributed by atoms with E-state index in [0.29, 0.717) is 12.2 Å². The van der Waals surface area contributed by atoms with Crippen LogP contribution in [-0.4, -0.2) is 29.4 Å². The van der Waals surface area contributed by atoms with Gasteiger partial charge in [-0.25, -0.2) is 4.79 Å². The van der Waals surface area contributed by atoms with Crippen molar-refractivity contribution >= 4 is 29.4 Å². The maximum Gasteiger partial charge on any atom is 0.337 e. The van der Waals surface area contributed by atoms with Gasteiger partial charge in [0.2, 0.25) is 5.91 Å². The zero-order chi connectivity index (χ0) is 17.8. The van der Waals surface area contributed by atoms with Gasteiger partial charge in [0.05, 0.1) is 11.3 Å². The second-order valence-corrected chi connectivity index (χ2v) is 5.54. The molecule has 0 bridgehead atoms. The third-order valence-corrected chi connectivity index (χ3v) is 3.70. The highest BCUT2D eigenvalue weighted by molar-refractivity contribution is 6.06. The molecule has 0 fully saturated rings. The molecule has 0 radical (unpaired) electrons. The lowest BCUT2D eigenvalue weighted by atomic mass is 10.0. The standard InChI is InChI=1S/C19H15NO5/c21-14-10-13-9-12(5-7-17(13)25-11-14)6-8-18(22)20-16-4-2-1-3-15(16)19(23)24/h1-9H,10-11H2,(H,20,22)(H,23,24)/b8-6+. The minimum absolute atomic E-state index is 0.0108. The van der Waals surface area contributed by atoms with Crippen molar-refractivity contribution in [2.75, 3.05) is 11.9 Å². The van der Waals surface area contributed by atoms with E-state index in [1.165, 1.54) is 18.2 Å². The van der Waals surface area contributed by atoms with Crippen LogP contribution in [-0.2, 0) is 16.0 Å². The molecular weight excluding hydrogens is 322 g/mol. The van der Waals surface area contributed by atoms with Crippen LogP contribution in [0.1, 0.15) is 21.5 Å². The summed E-state index contributed by atoms with van der Waals surface area (Å²) in [5.74, 6) is -0.869. The number of carboxylic acid groups (broad SMARTS) is 1. The molecule has 6 nitrogen and oxygen atoms in total. The number of hydrogen-bond donors (Lipinski definition) is 2. The van der Waals surface area contributed by atoms with Gasteiger partial charge in [-0.1, -0.05) is 18.2 Å². The summed E-state index contributed by atoms with van der Waals surface area (Å²) in [7, 11) is 0. The smallest absolute Gasteiger partial charge is 0.337 e. The number of hydrogen-bond acceptors (Lipinski definition) is 4. The average molecular weight is 337 g/mol. The lowest BCUT2D eigenvalue weighted by Gasteiger charge is -2.16. The van der Waals surface area contributed by atoms with Crippen molar-refractivity contribution in [1.82, 2.24) is 0 Å². The third kappa shape index (κ3) is 3.92. The minimum atomic E-state index is -1.11. The number of anilines is 1. The fourth-order valence-electron chi connectivity index (χ4n) is 2.53. The summed E-state index contributed by atoms with van der Waals surface area (Å²) in [6.45, 7) is 0.0909. The Hall–Kier alpha value is -3.41. The van der Waals surface area contributed by atoms with Gasteiger partial charge in [-0.3, -0.25) is 9.59 Å². The van der Waals surface area contributed by atoms with Gasteiger partial charge in [-0.2, -0.15) is 0 Å². The highest BCUT2D eigenvalue weighted by Gasteiger charge is 2.16. The normalized spacial score (nSPS) is 13.2. The van der Waals surface area contributed by atoms with Crippen LogP contribution in [0.25, 0.3) is 6.08 Å². The molecule has 0 aromatic heterocycles. The first kappa shape index (κ1) is 16.4. The Labute approximate surface area is 143 Å². The molecule has 0 atom stereocenters. The lowest BCUT2D eigenvalue weighted by molar-refractivity contribution is -0.121. The number of aromatic carboxylic acids is 1. The highest BCUT2D eigenvalue weighted by atomic mass is 16.5. The van der Waals surface area contributed by atoms with E-state index in [1.807, 2.05) is 0 Å². The number of nitrogens with one attached hydrogen (secondary N) is 1. The molecule has 2 N–H and O–H groups in total. The Morgan fingerprint density at radius 2 is 1.96 bits per heavy atom. The van der Waals surface area contributed by atoms with Crippen LogP contribution >= 0.6 is 0 Å². The van der Waals surface area contributed by atoms with Crippen molar-refractivity contribution in [3.8, 4) is 5.75 Å². The number of carboxylic acids is 1. The molecule has 0 aliphatic carbocycles. The summed E-state index contributed by atoms with van der Waals surface area (Å²) in [6.07, 6.45) is 3.22. The highest BCUT2D eigenvalue weighted by Crippen LogP contribution is 2.25. The Morgan fingerprint density at radius 3 is 2.76 bits per heavy atom. The number of para-hydroxylation sites is 1. The predicted molar refractivity (Wildman–Crippen MR) is 91.7 cm³/mol. The van der Waals surface area contributed by atoms with Crippen LogP contribution in [0.4, 0.5) is 5.69 Å². The number of carbonyl (C=O) groups excluding carboxylic acids is 2. The summed E-state index contributed by atoms with van der Waals surface area (Å²) in [5.41, 5.74) is 1.79. The Bertz CT molecular complexity index is 885. The van der Waals surface area contributed by atoms with E-state index in [-0.39, 0.29) is 23.6 Å². The van der Waals surface area contributed by atoms with Gasteiger partial charge in [0.15, 0.2) is 5.78 Å². The molecule has 2 aromatic rings. The van der Waals surface area contributed by atoms with Crippen molar-refractivity contribution < 1.29 is 24.2 Å². The summed E-state index contributed by atoms with van der Waals surface area (Å²) in [4.78, 5) is 34.6. The SMILES string of the molecule is O=C1COc2ccc(/C=C/C(=O)Nc3ccccc3C(=O)O)cc2C1. The summed E-state index contributed by atoms with van der Waals surface area (Å²) in [6, 6.07) is 11.5. The van der Waals surface area contributed by atoms with E-state index in [2.05, 4.69) is 5.32 Å². The van der Waals surface area contributed by atoms with E-state index < -0.39 is 11.9 Å². The van der Waals surface area contributed by atoms with Crippen LogP contribution < -0.4 is 10.1 Å². The Balaban J connectivity index is 1.72. The molecule has 0 spiro atoms. The molecule has 1 aliphatic rings. The van der Waals surface area contributed by atoms with Gasteiger partial charge < -0.3 is 15.2 Å². The number of rotatable bonds is 4. The number of fused-ring (bicyclic) bond motifs is 1. The topological polar surface area (TPSA) is 92.7 Å². The van der Waals surface area contributed by atoms with Crippen LogP contribution in [0.15, 0.2) is 48.5 Å². The first-order valence-electron chi connectivity index (χ1n) is 7.62. The molecule has 6 heteroatoms. The molecule has 3 rings (SSSR count). The average Bonchev–Trinajstić information content (AvgIpc) is 2.60. The fourth-order valence-corrected chi connectivity index (χ4v) is 2.53. The minimum Gasteiger partial charge on any atom is -0.486 e. The van der Waals surface area contributed by atoms with E-state index in [0.717, 1.165) is 11.1 Å². The molecule has 0 saturated carbocycles. The van der Waals surface area contributed by atoms with Crippen LogP contribution in [0, 0.1) is 0 Å². The second kappa shape index (κ2) is 7.00. The quantitative estimate of drug-likeness (QED) is 0.837. The largest absolute Gasteiger partial charge is 0.486 e. The maximum absolute atomic E-state index is 12.0. The Kier molecular flexibility index (Phi) is 4.61. The van der Waals surface area contributed by atoms with Crippen molar-refractivity contribution in [1.29, 1.82) is 0 Å². The van der Waals surface area contributed by atoms with Gasteiger partial charge in [-0.15, -0.1) is 0 Å². The number of benzene rings is 2. The van der Waals surface area contributed by atoms with Crippen molar-refractivity contribution in [2.24, 2.45) is 0 Å². The van der Waals surface area contributed by atoms with E-state index >= 15 is 0 Å². The number of amides is 1. The maximum atomic E-state index is 12.0. The number of Topliss-reactive ketones (excluding diaryl/α,β-unsaturated/α-hetero) is 1. The molecular formula is C19H15NO5. The molecule has 1 amide bonds. The first-order valence-corrected chi connectivity index (χ1v) is 7.62. The van der Waals surface area contributed by atoms with Crippen molar-refractivity contribution in [2.45, 2.75) is 6.42 Å². The monoisotopic (exact) mass is 337 g/mol. The zero-order valence-corrected chi connectivity index (χ0v) is 13.2. The van der Waals surface area contributed by atoms with E-state index in [9.17, 15) is 14.4 Å². The summed E-state index contributed by atoms with van der Waals surface area (Å²) in [5, 5.41) is 11.7. The van der Waals surface area contributed by atoms with Gasteiger partial charge in [-0.05, 0) is 35.9 Å². The van der Waals surface area contributed by atoms with E-state index in [1.54, 1.807) is 36.4 Å². The van der Waals surface area contributed by atoms with Gasteiger partial charge in [0.1, 0.15) is 12.4 Å². The molecule has 0 unspecified atom stereocenters. The van der Waals surface area contributed by atoms with Crippen molar-refractivity contribution in [3.63, 3.8) is 0 Å². The lowest BCUT2D eigenvalue weighted by Crippen LogP contribution is -2.20. The second-order valence-electron chi connectivity index (χ2n) is 5.54. The number of carbonyl (C=O) groups is 3. The van der Waals surface area contributed by atoms with Crippen LogP contribution in [0.5, 0.6) is 5.75 Å². The molecule has 0 saturated heterocycles. The van der Waals surface area contributed by atoms with Crippen molar-refractivity contribution in [3.05, 3.63) is 65.2 Å². The van der Waals surface area contributed by atoms with Gasteiger partial charge in [0, 0.05) is 18.1 Å². The van der Waals surface area contributed by atoms with Gasteiger partial charge >= 0.3 is 5.97 Å². The molecule has 1 aliphatic heterocycles. The predicted octanol–water partition coefficient (Wildman–Crippen LogP) is 2.54. The molecule has 126 valence electrons. The zero-order valence-electron chi connectivity index (χ0n) is 13.2. The van der Waals surface area contributed by atoms with E-state index in [4.69, 9.17) is 9.84 Å². The first-order chi connectivity index (χ1) is 12.0. The summed E-state index contributed by atoms with van der Waals surface area (Å²) >= 11 is 0. The third-order valence-electron chi connectivity index (χ3n) is 3.70. The van der Waals surface area contributed by atoms with Gasteiger partial charge in [0.25, 0.3) is 0 Å². The molecule has 2 aromatic carbocycles. The molecule has 1 heterocycles. The fraction of sp³-hybridized carbons (Fsp3) is 0.105. The number of ether oxygens (including phenoxy) is 1. The Morgan fingerprint density at radius 1 is 1.16 bits per heavy atom. The van der Waals surface area contributed by atoms with Crippen LogP contribution in [0.2, 0.25) is 0 Å². The van der Waals surface area contributed by atoms with Crippen LogP contribution in [0.3, 0.4) is 0 Å².